The zero-order valence-corrected chi connectivity index (χ0v) is 15.6. The maximum atomic E-state index is 12.7. The van der Waals surface area contributed by atoms with E-state index in [1.165, 1.54) is 0 Å². The van der Waals surface area contributed by atoms with Crippen LogP contribution in [0.3, 0.4) is 0 Å². The zero-order valence-electron chi connectivity index (χ0n) is 15.6. The molecule has 0 radical (unpaired) electrons. The number of furan rings is 1. The minimum atomic E-state index is -0.297. The average molecular weight is 370 g/mol. The Hall–Kier alpha value is -2.96. The van der Waals surface area contributed by atoms with Crippen LogP contribution >= 0.6 is 0 Å². The first-order chi connectivity index (χ1) is 12.9. The first-order valence-corrected chi connectivity index (χ1v) is 8.88. The molecule has 0 atom stereocenters. The van der Waals surface area contributed by atoms with Crippen molar-refractivity contribution in [2.45, 2.75) is 40.2 Å². The Morgan fingerprint density at radius 3 is 2.81 bits per heavy atom. The van der Waals surface area contributed by atoms with E-state index in [0.29, 0.717) is 47.9 Å². The number of nitrogens with zero attached hydrogens (tertiary/aromatic N) is 1. The van der Waals surface area contributed by atoms with Gasteiger partial charge >= 0.3 is 0 Å². The average Bonchev–Trinajstić information content (AvgIpc) is 3.22. The van der Waals surface area contributed by atoms with Gasteiger partial charge < -0.3 is 24.4 Å². The van der Waals surface area contributed by atoms with Gasteiger partial charge in [0.25, 0.3) is 5.91 Å². The summed E-state index contributed by atoms with van der Waals surface area (Å²) in [6.07, 6.45) is 1.33. The number of oxime groups is 1. The molecule has 27 heavy (non-hydrogen) atoms. The van der Waals surface area contributed by atoms with Gasteiger partial charge in [0.1, 0.15) is 5.76 Å². The van der Waals surface area contributed by atoms with Gasteiger partial charge in [0.05, 0.1) is 5.71 Å². The van der Waals surface area contributed by atoms with Crippen molar-refractivity contribution in [2.24, 2.45) is 10.6 Å². The van der Waals surface area contributed by atoms with Crippen LogP contribution in [-0.2, 0) is 13.0 Å². The standard InChI is InChI=1S/C20H22N2O5/c1-11-17-13(22-24)7-20(2,3)8-16(17)27-18(11)19(23)21-9-12-4-5-14-15(6-12)26-10-25-14/h4-6,24H,7-10H2,1-3H3,(H,21,23)/b22-13+. The van der Waals surface area contributed by atoms with Gasteiger partial charge in [0, 0.05) is 24.1 Å². The Morgan fingerprint density at radius 1 is 1.26 bits per heavy atom. The van der Waals surface area contributed by atoms with E-state index in [9.17, 15) is 10.0 Å². The van der Waals surface area contributed by atoms with E-state index in [0.717, 1.165) is 11.1 Å². The first kappa shape index (κ1) is 17.5. The fraction of sp³-hybridized carbons (Fsp3) is 0.400. The maximum absolute atomic E-state index is 12.7. The second-order valence-corrected chi connectivity index (χ2v) is 7.79. The van der Waals surface area contributed by atoms with Crippen LogP contribution in [0.4, 0.5) is 0 Å². The molecular weight excluding hydrogens is 348 g/mol. The van der Waals surface area contributed by atoms with Crippen LogP contribution in [0.25, 0.3) is 0 Å². The van der Waals surface area contributed by atoms with Gasteiger partial charge in [-0.25, -0.2) is 0 Å². The Bertz CT molecular complexity index is 942. The number of amides is 1. The van der Waals surface area contributed by atoms with E-state index in [1.54, 1.807) is 0 Å². The lowest BCUT2D eigenvalue weighted by atomic mass is 9.75. The lowest BCUT2D eigenvalue weighted by Crippen LogP contribution is -2.27. The predicted molar refractivity (Wildman–Crippen MR) is 97.6 cm³/mol. The SMILES string of the molecule is Cc1c(C(=O)NCc2ccc3c(c2)OCO3)oc2c1/C(=N/O)CC(C)(C)C2. The highest BCUT2D eigenvalue weighted by Gasteiger charge is 2.36. The van der Waals surface area contributed by atoms with E-state index in [2.05, 4.69) is 24.3 Å². The quantitative estimate of drug-likeness (QED) is 0.638. The third-order valence-electron chi connectivity index (χ3n) is 5.01. The highest BCUT2D eigenvalue weighted by Crippen LogP contribution is 2.39. The fourth-order valence-electron chi connectivity index (χ4n) is 3.73. The summed E-state index contributed by atoms with van der Waals surface area (Å²) >= 11 is 0. The molecule has 0 saturated heterocycles. The Kier molecular flexibility index (Phi) is 4.09. The van der Waals surface area contributed by atoms with Crippen LogP contribution in [0, 0.1) is 12.3 Å². The van der Waals surface area contributed by atoms with Gasteiger partial charge in [-0.1, -0.05) is 25.1 Å². The van der Waals surface area contributed by atoms with Crippen molar-refractivity contribution >= 4 is 11.6 Å². The number of fused-ring (bicyclic) bond motifs is 2. The molecule has 0 saturated carbocycles. The number of hydrogen-bond acceptors (Lipinski definition) is 6. The van der Waals surface area contributed by atoms with Crippen LogP contribution in [0.15, 0.2) is 27.8 Å². The Morgan fingerprint density at radius 2 is 2.04 bits per heavy atom. The van der Waals surface area contributed by atoms with Gasteiger partial charge in [-0.2, -0.15) is 0 Å². The number of nitrogens with one attached hydrogen (secondary N) is 1. The minimum Gasteiger partial charge on any atom is -0.455 e. The van der Waals surface area contributed by atoms with E-state index >= 15 is 0 Å². The van der Waals surface area contributed by atoms with Crippen molar-refractivity contribution in [3.63, 3.8) is 0 Å². The van der Waals surface area contributed by atoms with Crippen LogP contribution in [-0.4, -0.2) is 23.6 Å². The third kappa shape index (κ3) is 3.13. The summed E-state index contributed by atoms with van der Waals surface area (Å²) in [4.78, 5) is 12.7. The molecule has 2 aliphatic rings. The summed E-state index contributed by atoms with van der Waals surface area (Å²) in [5, 5.41) is 15.7. The topological polar surface area (TPSA) is 93.3 Å². The van der Waals surface area contributed by atoms with Crippen molar-refractivity contribution in [3.05, 3.63) is 46.4 Å². The molecule has 1 amide bonds. The molecule has 0 bridgehead atoms. The molecule has 2 heterocycles. The molecule has 7 heteroatoms. The molecule has 1 aromatic heterocycles. The van der Waals surface area contributed by atoms with E-state index in [-0.39, 0.29) is 23.9 Å². The molecule has 2 N–H and O–H groups in total. The zero-order chi connectivity index (χ0) is 19.2. The summed E-state index contributed by atoms with van der Waals surface area (Å²) in [6.45, 7) is 6.54. The van der Waals surface area contributed by atoms with Crippen LogP contribution < -0.4 is 14.8 Å². The number of benzene rings is 1. The Labute approximate surface area is 157 Å². The van der Waals surface area contributed by atoms with E-state index < -0.39 is 0 Å². The lowest BCUT2D eigenvalue weighted by molar-refractivity contribution is 0.0919. The second-order valence-electron chi connectivity index (χ2n) is 7.79. The largest absolute Gasteiger partial charge is 0.455 e. The molecule has 2 aromatic rings. The summed E-state index contributed by atoms with van der Waals surface area (Å²) in [5.41, 5.74) is 2.85. The molecule has 1 aromatic carbocycles. The highest BCUT2D eigenvalue weighted by atomic mass is 16.7. The molecule has 7 nitrogen and oxygen atoms in total. The maximum Gasteiger partial charge on any atom is 0.287 e. The number of carbonyl (C=O) groups excluding carboxylic acids is 1. The van der Waals surface area contributed by atoms with E-state index in [4.69, 9.17) is 13.9 Å². The Balaban J connectivity index is 1.54. The van der Waals surface area contributed by atoms with Crippen molar-refractivity contribution in [1.82, 2.24) is 5.32 Å². The van der Waals surface area contributed by atoms with Crippen molar-refractivity contribution in [2.75, 3.05) is 6.79 Å². The van der Waals surface area contributed by atoms with Gasteiger partial charge in [-0.15, -0.1) is 0 Å². The van der Waals surface area contributed by atoms with Crippen LogP contribution in [0.5, 0.6) is 11.5 Å². The number of ether oxygens (including phenoxy) is 2. The number of carbonyl (C=O) groups is 1. The monoisotopic (exact) mass is 370 g/mol. The summed E-state index contributed by atoms with van der Waals surface area (Å²) in [5.74, 6) is 2.05. The summed E-state index contributed by atoms with van der Waals surface area (Å²) in [6, 6.07) is 5.56. The minimum absolute atomic E-state index is 0.0842. The first-order valence-electron chi connectivity index (χ1n) is 8.88. The molecule has 4 rings (SSSR count). The number of rotatable bonds is 3. The molecule has 1 aliphatic heterocycles. The second kappa shape index (κ2) is 6.33. The fourth-order valence-corrected chi connectivity index (χ4v) is 3.73. The molecular formula is C20H22N2O5. The van der Waals surface area contributed by atoms with Crippen molar-refractivity contribution < 1.29 is 23.9 Å². The number of hydrogen-bond donors (Lipinski definition) is 2. The van der Waals surface area contributed by atoms with Gasteiger partial charge in [0.15, 0.2) is 17.3 Å². The summed E-state index contributed by atoms with van der Waals surface area (Å²) in [7, 11) is 0. The third-order valence-corrected chi connectivity index (χ3v) is 5.01. The lowest BCUT2D eigenvalue weighted by Gasteiger charge is -2.28. The van der Waals surface area contributed by atoms with Crippen LogP contribution in [0.1, 0.15) is 53.3 Å². The highest BCUT2D eigenvalue weighted by molar-refractivity contribution is 6.06. The van der Waals surface area contributed by atoms with Crippen molar-refractivity contribution in [3.8, 4) is 11.5 Å². The van der Waals surface area contributed by atoms with Gasteiger partial charge in [-0.05, 0) is 36.5 Å². The molecule has 0 fully saturated rings. The molecule has 142 valence electrons. The van der Waals surface area contributed by atoms with Crippen LogP contribution in [0.2, 0.25) is 0 Å². The van der Waals surface area contributed by atoms with Crippen molar-refractivity contribution in [1.29, 1.82) is 0 Å². The molecule has 0 spiro atoms. The predicted octanol–water partition coefficient (Wildman–Crippen LogP) is 3.40. The normalized spacial score (nSPS) is 18.4. The van der Waals surface area contributed by atoms with E-state index in [1.807, 2.05) is 25.1 Å². The van der Waals surface area contributed by atoms with Gasteiger partial charge in [0.2, 0.25) is 6.79 Å². The van der Waals surface area contributed by atoms with Gasteiger partial charge in [-0.3, -0.25) is 4.79 Å². The smallest absolute Gasteiger partial charge is 0.287 e. The molecule has 1 aliphatic carbocycles. The molecule has 0 unspecified atom stereocenters. The summed E-state index contributed by atoms with van der Waals surface area (Å²) < 4.78 is 16.5.